The Kier molecular flexibility index (Phi) is 2.62. The number of aliphatic hydroxyl groups excluding tert-OH is 2. The number of hydrogen-bond acceptors (Lipinski definition) is 3. The zero-order valence-corrected chi connectivity index (χ0v) is 6.44. The molecule has 0 saturated heterocycles. The second-order valence-electron chi connectivity index (χ2n) is 2.58. The van der Waals surface area contributed by atoms with Crippen LogP contribution in [0.25, 0.3) is 0 Å². The highest BCUT2D eigenvalue weighted by molar-refractivity contribution is 4.99. The summed E-state index contributed by atoms with van der Waals surface area (Å²) in [7, 11) is 0. The Labute approximate surface area is 65.1 Å². The topological polar surface area (TPSA) is 58.3 Å². The van der Waals surface area contributed by atoms with Crippen molar-refractivity contribution in [2.24, 2.45) is 0 Å². The van der Waals surface area contributed by atoms with Gasteiger partial charge in [0.25, 0.3) is 0 Å². The fraction of sp³-hybridized carbons (Fsp3) is 0.571. The third-order valence-electron chi connectivity index (χ3n) is 1.37. The fourth-order valence-corrected chi connectivity index (χ4v) is 0.840. The summed E-state index contributed by atoms with van der Waals surface area (Å²) in [4.78, 5) is 0. The van der Waals surface area contributed by atoms with Crippen LogP contribution in [-0.2, 0) is 6.54 Å². The highest BCUT2D eigenvalue weighted by atomic mass is 16.3. The van der Waals surface area contributed by atoms with Gasteiger partial charge in [0.05, 0.1) is 25.5 Å². The molecular formula is C7H12N2O2. The molecule has 0 unspecified atom stereocenters. The van der Waals surface area contributed by atoms with Crippen LogP contribution in [0.15, 0.2) is 12.4 Å². The van der Waals surface area contributed by atoms with E-state index < -0.39 is 6.10 Å². The predicted molar refractivity (Wildman–Crippen MR) is 40.1 cm³/mol. The van der Waals surface area contributed by atoms with Crippen molar-refractivity contribution in [3.63, 3.8) is 0 Å². The smallest absolute Gasteiger partial charge is 0.0966 e. The van der Waals surface area contributed by atoms with Gasteiger partial charge < -0.3 is 10.2 Å². The van der Waals surface area contributed by atoms with E-state index in [9.17, 15) is 0 Å². The van der Waals surface area contributed by atoms with Crippen molar-refractivity contribution in [1.29, 1.82) is 0 Å². The quantitative estimate of drug-likeness (QED) is 0.623. The van der Waals surface area contributed by atoms with Gasteiger partial charge in [0.1, 0.15) is 0 Å². The molecule has 0 aromatic carbocycles. The largest absolute Gasteiger partial charge is 0.394 e. The van der Waals surface area contributed by atoms with E-state index >= 15 is 0 Å². The molecule has 4 nitrogen and oxygen atoms in total. The Morgan fingerprint density at radius 3 is 2.91 bits per heavy atom. The Morgan fingerprint density at radius 1 is 1.73 bits per heavy atom. The van der Waals surface area contributed by atoms with Gasteiger partial charge in [-0.3, -0.25) is 4.68 Å². The highest BCUT2D eigenvalue weighted by Gasteiger charge is 2.02. The summed E-state index contributed by atoms with van der Waals surface area (Å²) in [5.41, 5.74) is 1.05. The van der Waals surface area contributed by atoms with Gasteiger partial charge in [0.2, 0.25) is 0 Å². The van der Waals surface area contributed by atoms with Crippen LogP contribution in [0.1, 0.15) is 5.56 Å². The van der Waals surface area contributed by atoms with E-state index in [-0.39, 0.29) is 6.61 Å². The van der Waals surface area contributed by atoms with Crippen LogP contribution in [-0.4, -0.2) is 32.7 Å². The van der Waals surface area contributed by atoms with Gasteiger partial charge in [-0.15, -0.1) is 0 Å². The normalized spacial score (nSPS) is 13.4. The monoisotopic (exact) mass is 156 g/mol. The minimum absolute atomic E-state index is 0.223. The highest BCUT2D eigenvalue weighted by Crippen LogP contribution is 1.95. The van der Waals surface area contributed by atoms with Gasteiger partial charge in [-0.25, -0.2) is 0 Å². The van der Waals surface area contributed by atoms with Crippen LogP contribution < -0.4 is 0 Å². The Balaban J connectivity index is 2.50. The summed E-state index contributed by atoms with van der Waals surface area (Å²) < 4.78 is 1.61. The molecule has 2 N–H and O–H groups in total. The summed E-state index contributed by atoms with van der Waals surface area (Å²) in [6, 6.07) is 0. The second kappa shape index (κ2) is 3.50. The van der Waals surface area contributed by atoms with Crippen molar-refractivity contribution < 1.29 is 10.2 Å². The predicted octanol–water partition coefficient (Wildman–Crippen LogP) is -0.455. The summed E-state index contributed by atoms with van der Waals surface area (Å²) in [6.07, 6.45) is 2.82. The lowest BCUT2D eigenvalue weighted by Crippen LogP contribution is -2.19. The fourth-order valence-electron chi connectivity index (χ4n) is 0.840. The van der Waals surface area contributed by atoms with E-state index in [2.05, 4.69) is 5.10 Å². The minimum atomic E-state index is -0.714. The van der Waals surface area contributed by atoms with Crippen LogP contribution in [0.3, 0.4) is 0 Å². The van der Waals surface area contributed by atoms with E-state index in [1.54, 1.807) is 10.9 Å². The average molecular weight is 156 g/mol. The van der Waals surface area contributed by atoms with E-state index in [0.29, 0.717) is 6.54 Å². The van der Waals surface area contributed by atoms with E-state index in [0.717, 1.165) is 5.56 Å². The zero-order chi connectivity index (χ0) is 8.27. The third kappa shape index (κ3) is 2.32. The first-order chi connectivity index (χ1) is 5.22. The van der Waals surface area contributed by atoms with Gasteiger partial charge in [-0.1, -0.05) is 0 Å². The Morgan fingerprint density at radius 2 is 2.45 bits per heavy atom. The number of aromatic nitrogens is 2. The summed E-state index contributed by atoms with van der Waals surface area (Å²) >= 11 is 0. The van der Waals surface area contributed by atoms with E-state index in [4.69, 9.17) is 10.2 Å². The van der Waals surface area contributed by atoms with E-state index in [1.165, 1.54) is 0 Å². The Hall–Kier alpha value is -0.870. The van der Waals surface area contributed by atoms with Crippen LogP contribution in [0.5, 0.6) is 0 Å². The van der Waals surface area contributed by atoms with Gasteiger partial charge in [-0.2, -0.15) is 5.10 Å². The molecule has 0 spiro atoms. The molecule has 62 valence electrons. The lowest BCUT2D eigenvalue weighted by Gasteiger charge is -2.05. The molecule has 1 rings (SSSR count). The molecule has 11 heavy (non-hydrogen) atoms. The lowest BCUT2D eigenvalue weighted by molar-refractivity contribution is 0.0782. The first kappa shape index (κ1) is 8.23. The van der Waals surface area contributed by atoms with Crippen molar-refractivity contribution in [3.05, 3.63) is 18.0 Å². The molecule has 4 heteroatoms. The molecule has 0 amide bonds. The molecule has 1 atom stereocenters. The summed E-state index contributed by atoms with van der Waals surface area (Å²) in [5, 5.41) is 21.5. The number of rotatable bonds is 3. The molecule has 1 aromatic heterocycles. The summed E-state index contributed by atoms with van der Waals surface area (Å²) in [5.74, 6) is 0. The SMILES string of the molecule is Cc1cnn(C[C@@H](O)CO)c1. The van der Waals surface area contributed by atoms with E-state index in [1.807, 2.05) is 13.1 Å². The Bertz CT molecular complexity index is 222. The summed E-state index contributed by atoms with van der Waals surface area (Å²) in [6.45, 7) is 2.05. The number of aliphatic hydroxyl groups is 2. The van der Waals surface area contributed by atoms with Crippen LogP contribution >= 0.6 is 0 Å². The minimum Gasteiger partial charge on any atom is -0.394 e. The molecule has 0 aliphatic heterocycles. The standard InChI is InChI=1S/C7H12N2O2/c1-6-2-8-9(3-6)4-7(11)5-10/h2-3,7,10-11H,4-5H2,1H3/t7-/m1/s1. The molecule has 0 aliphatic carbocycles. The first-order valence-electron chi connectivity index (χ1n) is 3.50. The molecule has 1 aromatic rings. The molecule has 0 fully saturated rings. The molecule has 0 bridgehead atoms. The molecular weight excluding hydrogens is 144 g/mol. The number of nitrogens with zero attached hydrogens (tertiary/aromatic N) is 2. The van der Waals surface area contributed by atoms with Gasteiger partial charge >= 0.3 is 0 Å². The second-order valence-corrected chi connectivity index (χ2v) is 2.58. The van der Waals surface area contributed by atoms with Crippen molar-refractivity contribution in [3.8, 4) is 0 Å². The maximum absolute atomic E-state index is 9.01. The van der Waals surface area contributed by atoms with Gasteiger partial charge in [-0.05, 0) is 12.5 Å². The maximum Gasteiger partial charge on any atom is 0.0966 e. The van der Waals surface area contributed by atoms with Crippen molar-refractivity contribution >= 4 is 0 Å². The first-order valence-corrected chi connectivity index (χ1v) is 3.50. The molecule has 1 heterocycles. The number of aryl methyl sites for hydroxylation is 1. The maximum atomic E-state index is 9.01. The van der Waals surface area contributed by atoms with Crippen LogP contribution in [0.2, 0.25) is 0 Å². The molecule has 0 aliphatic rings. The average Bonchev–Trinajstić information content (AvgIpc) is 2.35. The molecule has 0 radical (unpaired) electrons. The van der Waals surface area contributed by atoms with Gasteiger partial charge in [0.15, 0.2) is 0 Å². The third-order valence-corrected chi connectivity index (χ3v) is 1.37. The van der Waals surface area contributed by atoms with Gasteiger partial charge in [0, 0.05) is 6.20 Å². The van der Waals surface area contributed by atoms with Crippen molar-refractivity contribution in [2.75, 3.05) is 6.61 Å². The molecule has 0 saturated carbocycles. The number of hydrogen-bond donors (Lipinski definition) is 2. The van der Waals surface area contributed by atoms with Crippen LogP contribution in [0.4, 0.5) is 0 Å². The zero-order valence-electron chi connectivity index (χ0n) is 6.44. The lowest BCUT2D eigenvalue weighted by atomic mass is 10.4. The van der Waals surface area contributed by atoms with Crippen LogP contribution in [0, 0.1) is 6.92 Å². The van der Waals surface area contributed by atoms with Crippen molar-refractivity contribution in [2.45, 2.75) is 19.6 Å². The van der Waals surface area contributed by atoms with Crippen molar-refractivity contribution in [1.82, 2.24) is 9.78 Å².